The van der Waals surface area contributed by atoms with Gasteiger partial charge in [0, 0.05) is 23.5 Å². The first-order chi connectivity index (χ1) is 11.5. The Bertz CT molecular complexity index is 910. The third-order valence-corrected chi connectivity index (χ3v) is 4.55. The maximum atomic E-state index is 13.1. The molecular formula is C19H18FN3O. The van der Waals surface area contributed by atoms with E-state index in [0.717, 1.165) is 35.0 Å². The van der Waals surface area contributed by atoms with Crippen LogP contribution < -0.4 is 5.32 Å². The minimum Gasteiger partial charge on any atom is -0.349 e. The topological polar surface area (TPSA) is 46.9 Å². The fourth-order valence-electron chi connectivity index (χ4n) is 2.84. The first kappa shape index (κ1) is 14.9. The molecule has 3 aromatic rings. The van der Waals surface area contributed by atoms with Gasteiger partial charge in [0.25, 0.3) is 0 Å². The molecule has 1 amide bonds. The van der Waals surface area contributed by atoms with E-state index in [-0.39, 0.29) is 23.8 Å². The average Bonchev–Trinajstić information content (AvgIpc) is 3.15. The highest BCUT2D eigenvalue weighted by atomic mass is 19.1. The molecule has 5 heteroatoms. The monoisotopic (exact) mass is 323 g/mol. The molecule has 0 saturated heterocycles. The van der Waals surface area contributed by atoms with E-state index in [1.54, 1.807) is 18.3 Å². The van der Waals surface area contributed by atoms with E-state index in [0.29, 0.717) is 0 Å². The quantitative estimate of drug-likeness (QED) is 0.798. The van der Waals surface area contributed by atoms with Crippen molar-refractivity contribution < 1.29 is 9.18 Å². The Labute approximate surface area is 139 Å². The maximum absolute atomic E-state index is 13.1. The summed E-state index contributed by atoms with van der Waals surface area (Å²) in [6, 6.07) is 10.2. The summed E-state index contributed by atoms with van der Waals surface area (Å²) in [7, 11) is 0. The van der Waals surface area contributed by atoms with Crippen LogP contribution in [0.4, 0.5) is 4.39 Å². The smallest absolute Gasteiger partial charge is 0.240 e. The molecule has 1 N–H and O–H groups in total. The summed E-state index contributed by atoms with van der Waals surface area (Å²) < 4.78 is 15.0. The van der Waals surface area contributed by atoms with E-state index in [4.69, 9.17) is 0 Å². The highest BCUT2D eigenvalue weighted by Gasteiger charge is 2.38. The molecular weight excluding hydrogens is 305 g/mol. The predicted octanol–water partition coefficient (Wildman–Crippen LogP) is 3.51. The van der Waals surface area contributed by atoms with Gasteiger partial charge < -0.3 is 9.88 Å². The number of pyridine rings is 1. The number of hydrogen-bond donors (Lipinski definition) is 1. The lowest BCUT2D eigenvalue weighted by atomic mass is 10.1. The molecule has 2 aromatic heterocycles. The molecule has 0 spiro atoms. The number of hydrogen-bond acceptors (Lipinski definition) is 2. The Kier molecular flexibility index (Phi) is 3.37. The van der Waals surface area contributed by atoms with Crippen LogP contribution in [0.2, 0.25) is 0 Å². The number of benzene rings is 1. The Morgan fingerprint density at radius 1 is 1.25 bits per heavy atom. The molecule has 4 rings (SSSR count). The molecule has 4 nitrogen and oxygen atoms in total. The number of amides is 1. The van der Waals surface area contributed by atoms with Crippen molar-refractivity contribution in [3.63, 3.8) is 0 Å². The molecule has 2 heterocycles. The van der Waals surface area contributed by atoms with Gasteiger partial charge in [-0.05, 0) is 49.6 Å². The number of nitrogens with one attached hydrogen (secondary N) is 1. The standard InChI is InChI=1S/C19H18FN3O/c1-19(7-8-19)22-18(24)12-23-9-6-16-17(23)10-14(11-21-16)13-2-4-15(20)5-3-13/h2-6,9-11H,7-8,12H2,1H3,(H,22,24). The molecule has 1 aromatic carbocycles. The Balaban J connectivity index is 1.63. The van der Waals surface area contributed by atoms with Gasteiger partial charge in [0.05, 0.1) is 11.0 Å². The van der Waals surface area contributed by atoms with Crippen LogP contribution in [0.15, 0.2) is 48.8 Å². The van der Waals surface area contributed by atoms with Crippen LogP contribution in [0.25, 0.3) is 22.2 Å². The molecule has 0 aliphatic heterocycles. The van der Waals surface area contributed by atoms with E-state index in [2.05, 4.69) is 17.2 Å². The average molecular weight is 323 g/mol. The first-order valence-corrected chi connectivity index (χ1v) is 8.04. The van der Waals surface area contributed by atoms with E-state index < -0.39 is 0 Å². The summed E-state index contributed by atoms with van der Waals surface area (Å²) in [4.78, 5) is 16.7. The van der Waals surface area contributed by atoms with Crippen molar-refractivity contribution in [1.29, 1.82) is 0 Å². The fourth-order valence-corrected chi connectivity index (χ4v) is 2.84. The minimum absolute atomic E-state index is 0.0136. The van der Waals surface area contributed by atoms with Crippen molar-refractivity contribution in [2.45, 2.75) is 31.8 Å². The second-order valence-corrected chi connectivity index (χ2v) is 6.69. The van der Waals surface area contributed by atoms with Crippen LogP contribution in [-0.4, -0.2) is 21.0 Å². The maximum Gasteiger partial charge on any atom is 0.240 e. The zero-order chi connectivity index (χ0) is 16.7. The number of nitrogens with zero attached hydrogens (tertiary/aromatic N) is 2. The Hall–Kier alpha value is -2.69. The van der Waals surface area contributed by atoms with Crippen LogP contribution >= 0.6 is 0 Å². The normalized spacial score (nSPS) is 15.4. The van der Waals surface area contributed by atoms with Gasteiger partial charge in [-0.1, -0.05) is 12.1 Å². The summed E-state index contributed by atoms with van der Waals surface area (Å²) in [5.41, 5.74) is 3.52. The number of fused-ring (bicyclic) bond motifs is 1. The lowest BCUT2D eigenvalue weighted by Crippen LogP contribution is -2.36. The zero-order valence-corrected chi connectivity index (χ0v) is 13.4. The molecule has 1 aliphatic carbocycles. The van der Waals surface area contributed by atoms with Crippen molar-refractivity contribution in [2.24, 2.45) is 0 Å². The lowest BCUT2D eigenvalue weighted by molar-refractivity contribution is -0.122. The minimum atomic E-state index is -0.263. The van der Waals surface area contributed by atoms with Crippen molar-refractivity contribution in [2.75, 3.05) is 0 Å². The third kappa shape index (κ3) is 2.89. The van der Waals surface area contributed by atoms with Gasteiger partial charge in [-0.3, -0.25) is 9.78 Å². The number of aromatic nitrogens is 2. The second kappa shape index (κ2) is 5.44. The van der Waals surface area contributed by atoms with E-state index in [9.17, 15) is 9.18 Å². The van der Waals surface area contributed by atoms with Crippen molar-refractivity contribution in [3.8, 4) is 11.1 Å². The molecule has 24 heavy (non-hydrogen) atoms. The van der Waals surface area contributed by atoms with Crippen LogP contribution in [-0.2, 0) is 11.3 Å². The number of rotatable bonds is 4. The molecule has 1 fully saturated rings. The van der Waals surface area contributed by atoms with Crippen molar-refractivity contribution >= 4 is 16.9 Å². The van der Waals surface area contributed by atoms with Gasteiger partial charge in [0.2, 0.25) is 5.91 Å². The highest BCUT2D eigenvalue weighted by molar-refractivity contribution is 5.84. The second-order valence-electron chi connectivity index (χ2n) is 6.69. The van der Waals surface area contributed by atoms with Crippen LogP contribution in [0.5, 0.6) is 0 Å². The molecule has 0 unspecified atom stereocenters. The Morgan fingerprint density at radius 2 is 2.00 bits per heavy atom. The summed E-state index contributed by atoms with van der Waals surface area (Å²) in [5, 5.41) is 3.06. The van der Waals surface area contributed by atoms with Gasteiger partial charge in [-0.2, -0.15) is 0 Å². The number of halogens is 1. The largest absolute Gasteiger partial charge is 0.349 e. The van der Waals surface area contributed by atoms with E-state index >= 15 is 0 Å². The van der Waals surface area contributed by atoms with Gasteiger partial charge in [0.15, 0.2) is 0 Å². The van der Waals surface area contributed by atoms with Crippen molar-refractivity contribution in [3.05, 3.63) is 54.6 Å². The summed E-state index contributed by atoms with van der Waals surface area (Å²) >= 11 is 0. The zero-order valence-electron chi connectivity index (χ0n) is 13.4. The molecule has 1 saturated carbocycles. The summed E-state index contributed by atoms with van der Waals surface area (Å²) in [5.74, 6) is -0.249. The van der Waals surface area contributed by atoms with Gasteiger partial charge >= 0.3 is 0 Å². The molecule has 0 bridgehead atoms. The van der Waals surface area contributed by atoms with Crippen LogP contribution in [0, 0.1) is 5.82 Å². The van der Waals surface area contributed by atoms with Gasteiger partial charge in [-0.15, -0.1) is 0 Å². The molecule has 1 aliphatic rings. The fraction of sp³-hybridized carbons (Fsp3) is 0.263. The number of carbonyl (C=O) groups is 1. The predicted molar refractivity (Wildman–Crippen MR) is 90.9 cm³/mol. The third-order valence-electron chi connectivity index (χ3n) is 4.55. The van der Waals surface area contributed by atoms with Crippen molar-refractivity contribution in [1.82, 2.24) is 14.9 Å². The van der Waals surface area contributed by atoms with E-state index in [1.165, 1.54) is 12.1 Å². The molecule has 122 valence electrons. The van der Waals surface area contributed by atoms with Gasteiger partial charge in [-0.25, -0.2) is 4.39 Å². The first-order valence-electron chi connectivity index (χ1n) is 8.04. The van der Waals surface area contributed by atoms with Crippen LogP contribution in [0.1, 0.15) is 19.8 Å². The summed E-state index contributed by atoms with van der Waals surface area (Å²) in [6.45, 7) is 2.33. The molecule has 0 atom stereocenters. The molecule has 0 radical (unpaired) electrons. The lowest BCUT2D eigenvalue weighted by Gasteiger charge is -2.12. The van der Waals surface area contributed by atoms with Crippen LogP contribution in [0.3, 0.4) is 0 Å². The highest BCUT2D eigenvalue weighted by Crippen LogP contribution is 2.34. The Morgan fingerprint density at radius 3 is 2.71 bits per heavy atom. The van der Waals surface area contributed by atoms with Gasteiger partial charge in [0.1, 0.15) is 12.4 Å². The summed E-state index contributed by atoms with van der Waals surface area (Å²) in [6.07, 6.45) is 5.73. The number of carbonyl (C=O) groups excluding carboxylic acids is 1. The SMILES string of the molecule is CC1(NC(=O)Cn2ccc3ncc(-c4ccc(F)cc4)cc32)CC1. The van der Waals surface area contributed by atoms with E-state index in [1.807, 2.05) is 22.9 Å².